The van der Waals surface area contributed by atoms with E-state index in [1.54, 1.807) is 6.92 Å². The van der Waals surface area contributed by atoms with Gasteiger partial charge in [0.15, 0.2) is 0 Å². The highest BCUT2D eigenvalue weighted by Gasteiger charge is 2.57. The molecule has 1 saturated heterocycles. The Kier molecular flexibility index (Phi) is 2.90. The molecule has 0 bridgehead atoms. The quantitative estimate of drug-likeness (QED) is 0.853. The number of amides is 2. The van der Waals surface area contributed by atoms with Gasteiger partial charge in [-0.3, -0.25) is 19.3 Å². The van der Waals surface area contributed by atoms with Gasteiger partial charge in [0.1, 0.15) is 0 Å². The largest absolute Gasteiger partial charge is 0.481 e. The molecule has 3 rings (SSSR count). The van der Waals surface area contributed by atoms with Crippen LogP contribution in [0.25, 0.3) is 0 Å². The molecule has 1 aliphatic heterocycles. The molecule has 1 saturated carbocycles. The summed E-state index contributed by atoms with van der Waals surface area (Å²) in [7, 11) is 0. The van der Waals surface area contributed by atoms with Gasteiger partial charge in [0.05, 0.1) is 10.8 Å². The summed E-state index contributed by atoms with van der Waals surface area (Å²) in [5, 5.41) is 9.23. The van der Waals surface area contributed by atoms with Crippen LogP contribution in [0, 0.1) is 5.41 Å². The fraction of sp³-hybridized carbons (Fsp3) is 0.438. The summed E-state index contributed by atoms with van der Waals surface area (Å²) in [5.41, 5.74) is -0.994. The van der Waals surface area contributed by atoms with Crippen molar-refractivity contribution in [3.05, 3.63) is 35.9 Å². The molecule has 0 radical (unpaired) electrons. The van der Waals surface area contributed by atoms with Gasteiger partial charge >= 0.3 is 5.97 Å². The topological polar surface area (TPSA) is 74.7 Å². The van der Waals surface area contributed by atoms with Crippen LogP contribution in [0.2, 0.25) is 0 Å². The smallest absolute Gasteiger partial charge is 0.311 e. The predicted molar refractivity (Wildman–Crippen MR) is 74.4 cm³/mol. The standard InChI is InChI=1S/C16H17NO4/c1-15(11-5-3-2-4-6-11)9-12(18)17(13(15)19)10-16(7-8-16)14(20)21/h2-6H,7-10H2,1H3,(H,20,21). The van der Waals surface area contributed by atoms with Gasteiger partial charge in [-0.05, 0) is 25.3 Å². The van der Waals surface area contributed by atoms with Crippen molar-refractivity contribution in [3.63, 3.8) is 0 Å². The molecular weight excluding hydrogens is 270 g/mol. The second-order valence-electron chi connectivity index (χ2n) is 6.25. The van der Waals surface area contributed by atoms with Crippen molar-refractivity contribution in [2.24, 2.45) is 5.41 Å². The lowest BCUT2D eigenvalue weighted by Crippen LogP contribution is -2.41. The number of imide groups is 1. The summed E-state index contributed by atoms with van der Waals surface area (Å²) in [6.45, 7) is 1.76. The number of carboxylic acids is 1. The zero-order valence-electron chi connectivity index (χ0n) is 11.8. The molecular formula is C16H17NO4. The normalized spacial score (nSPS) is 27.0. The Balaban J connectivity index is 1.88. The fourth-order valence-electron chi connectivity index (χ4n) is 2.97. The van der Waals surface area contributed by atoms with Crippen molar-refractivity contribution < 1.29 is 19.5 Å². The first kappa shape index (κ1) is 13.8. The van der Waals surface area contributed by atoms with Gasteiger partial charge in [-0.2, -0.15) is 0 Å². The van der Waals surface area contributed by atoms with Crippen molar-refractivity contribution in [1.82, 2.24) is 4.90 Å². The Labute approximate surface area is 122 Å². The average molecular weight is 287 g/mol. The van der Waals surface area contributed by atoms with Gasteiger partial charge in [-0.15, -0.1) is 0 Å². The number of carbonyl (C=O) groups is 3. The monoisotopic (exact) mass is 287 g/mol. The number of carboxylic acid groups (broad SMARTS) is 1. The molecule has 110 valence electrons. The van der Waals surface area contributed by atoms with Crippen LogP contribution in [0.15, 0.2) is 30.3 Å². The van der Waals surface area contributed by atoms with E-state index in [-0.39, 0.29) is 24.8 Å². The van der Waals surface area contributed by atoms with Crippen LogP contribution in [-0.4, -0.2) is 34.3 Å². The van der Waals surface area contributed by atoms with Crippen molar-refractivity contribution in [3.8, 4) is 0 Å². The van der Waals surface area contributed by atoms with Crippen LogP contribution in [0.1, 0.15) is 31.7 Å². The van der Waals surface area contributed by atoms with Crippen molar-refractivity contribution in [1.29, 1.82) is 0 Å². The van der Waals surface area contributed by atoms with E-state index in [2.05, 4.69) is 0 Å². The van der Waals surface area contributed by atoms with Crippen molar-refractivity contribution >= 4 is 17.8 Å². The second-order valence-corrected chi connectivity index (χ2v) is 6.25. The lowest BCUT2D eigenvalue weighted by molar-refractivity contribution is -0.147. The van der Waals surface area contributed by atoms with Gasteiger partial charge < -0.3 is 5.11 Å². The molecule has 0 aromatic heterocycles. The Bertz CT molecular complexity index is 620. The number of carbonyl (C=O) groups excluding carboxylic acids is 2. The Morgan fingerprint density at radius 3 is 2.38 bits per heavy atom. The molecule has 1 unspecified atom stereocenters. The molecule has 1 aromatic carbocycles. The minimum absolute atomic E-state index is 0.00240. The molecule has 1 aromatic rings. The molecule has 1 atom stereocenters. The van der Waals surface area contributed by atoms with E-state index < -0.39 is 16.8 Å². The fourth-order valence-corrected chi connectivity index (χ4v) is 2.97. The van der Waals surface area contributed by atoms with E-state index in [0.29, 0.717) is 12.8 Å². The summed E-state index contributed by atoms with van der Waals surface area (Å²) in [5.74, 6) is -1.48. The van der Waals surface area contributed by atoms with Crippen LogP contribution in [-0.2, 0) is 19.8 Å². The molecule has 0 spiro atoms. The van der Waals surface area contributed by atoms with Gasteiger partial charge in [0.2, 0.25) is 11.8 Å². The maximum absolute atomic E-state index is 12.7. The van der Waals surface area contributed by atoms with Gasteiger partial charge in [-0.25, -0.2) is 0 Å². The van der Waals surface area contributed by atoms with E-state index in [9.17, 15) is 19.5 Å². The first-order valence-corrected chi connectivity index (χ1v) is 7.03. The van der Waals surface area contributed by atoms with E-state index in [1.165, 1.54) is 0 Å². The Morgan fingerprint density at radius 2 is 1.86 bits per heavy atom. The van der Waals surface area contributed by atoms with Crippen LogP contribution in [0.4, 0.5) is 0 Å². The maximum atomic E-state index is 12.7. The highest BCUT2D eigenvalue weighted by molar-refractivity contribution is 6.09. The number of aliphatic carboxylic acids is 1. The summed E-state index contributed by atoms with van der Waals surface area (Å²) >= 11 is 0. The van der Waals surface area contributed by atoms with Crippen LogP contribution < -0.4 is 0 Å². The highest BCUT2D eigenvalue weighted by Crippen LogP contribution is 2.48. The third kappa shape index (κ3) is 2.04. The first-order chi connectivity index (χ1) is 9.89. The molecule has 21 heavy (non-hydrogen) atoms. The molecule has 1 N–H and O–H groups in total. The number of likely N-dealkylation sites (tertiary alicyclic amines) is 1. The third-order valence-electron chi connectivity index (χ3n) is 4.70. The Hall–Kier alpha value is -2.17. The average Bonchev–Trinajstić information content (AvgIpc) is 3.21. The van der Waals surface area contributed by atoms with E-state index in [0.717, 1.165) is 10.5 Å². The van der Waals surface area contributed by atoms with Crippen LogP contribution in [0.5, 0.6) is 0 Å². The van der Waals surface area contributed by atoms with Gasteiger partial charge in [0.25, 0.3) is 0 Å². The number of benzene rings is 1. The predicted octanol–water partition coefficient (Wildman–Crippen LogP) is 1.57. The van der Waals surface area contributed by atoms with Gasteiger partial charge in [0, 0.05) is 13.0 Å². The SMILES string of the molecule is CC1(c2ccccc2)CC(=O)N(CC2(C(=O)O)CC2)C1=O. The molecule has 1 heterocycles. The first-order valence-electron chi connectivity index (χ1n) is 7.03. The van der Waals surface area contributed by atoms with Crippen LogP contribution in [0.3, 0.4) is 0 Å². The summed E-state index contributed by atoms with van der Waals surface area (Å²) < 4.78 is 0. The van der Waals surface area contributed by atoms with Gasteiger partial charge in [-0.1, -0.05) is 30.3 Å². The summed E-state index contributed by atoms with van der Waals surface area (Å²) in [6.07, 6.45) is 1.16. The number of nitrogens with zero attached hydrogens (tertiary/aromatic N) is 1. The molecule has 5 heteroatoms. The summed E-state index contributed by atoms with van der Waals surface area (Å²) in [4.78, 5) is 37.3. The van der Waals surface area contributed by atoms with E-state index in [1.807, 2.05) is 30.3 Å². The lowest BCUT2D eigenvalue weighted by Gasteiger charge is -2.24. The summed E-state index contributed by atoms with van der Waals surface area (Å²) in [6, 6.07) is 9.19. The Morgan fingerprint density at radius 1 is 1.24 bits per heavy atom. The molecule has 2 aliphatic rings. The second kappa shape index (κ2) is 4.41. The van der Waals surface area contributed by atoms with E-state index in [4.69, 9.17) is 0 Å². The number of rotatable bonds is 4. The third-order valence-corrected chi connectivity index (χ3v) is 4.70. The maximum Gasteiger partial charge on any atom is 0.311 e. The number of hydrogen-bond acceptors (Lipinski definition) is 3. The molecule has 5 nitrogen and oxygen atoms in total. The van der Waals surface area contributed by atoms with Crippen LogP contribution >= 0.6 is 0 Å². The van der Waals surface area contributed by atoms with Crippen molar-refractivity contribution in [2.75, 3.05) is 6.54 Å². The minimum atomic E-state index is -0.920. The molecule has 1 aliphatic carbocycles. The van der Waals surface area contributed by atoms with E-state index >= 15 is 0 Å². The molecule has 2 amide bonds. The highest BCUT2D eigenvalue weighted by atomic mass is 16.4. The molecule has 2 fully saturated rings. The zero-order valence-corrected chi connectivity index (χ0v) is 11.8. The minimum Gasteiger partial charge on any atom is -0.481 e. The number of hydrogen-bond donors (Lipinski definition) is 1. The zero-order chi connectivity index (χ0) is 15.3. The lowest BCUT2D eigenvalue weighted by atomic mass is 9.81. The van der Waals surface area contributed by atoms with Crippen molar-refractivity contribution in [2.45, 2.75) is 31.6 Å².